The number of nitrogens with one attached hydrogen (secondary N) is 1. The molecule has 1 aliphatic heterocycles. The zero-order chi connectivity index (χ0) is 12.7. The Bertz CT molecular complexity index is 184. The van der Waals surface area contributed by atoms with Crippen molar-refractivity contribution >= 4 is 0 Å². The normalized spacial score (nSPS) is 19.4. The van der Waals surface area contributed by atoms with Crippen LogP contribution in [-0.4, -0.2) is 49.8 Å². The number of rotatable bonds is 7. The molecule has 3 heteroatoms. The Balaban J connectivity index is 2.03. The Morgan fingerprint density at radius 1 is 1.18 bits per heavy atom. The number of hydrogen-bond acceptors (Lipinski definition) is 3. The zero-order valence-electron chi connectivity index (χ0n) is 12.0. The van der Waals surface area contributed by atoms with Crippen molar-refractivity contribution in [3.05, 3.63) is 0 Å². The molecule has 0 amide bonds. The van der Waals surface area contributed by atoms with Gasteiger partial charge in [-0.3, -0.25) is 0 Å². The Morgan fingerprint density at radius 2 is 1.82 bits per heavy atom. The number of piperidine rings is 1. The minimum Gasteiger partial charge on any atom is -0.377 e. The van der Waals surface area contributed by atoms with E-state index in [0.717, 1.165) is 19.1 Å². The van der Waals surface area contributed by atoms with Crippen LogP contribution in [0.4, 0.5) is 0 Å². The average Bonchev–Trinajstić information content (AvgIpc) is 2.25. The van der Waals surface area contributed by atoms with Crippen molar-refractivity contribution in [3.63, 3.8) is 0 Å². The fourth-order valence-corrected chi connectivity index (χ4v) is 2.39. The Morgan fingerprint density at radius 3 is 2.35 bits per heavy atom. The summed E-state index contributed by atoms with van der Waals surface area (Å²) in [5, 5.41) is 3.60. The molecule has 0 radical (unpaired) electrons. The van der Waals surface area contributed by atoms with Crippen LogP contribution < -0.4 is 5.32 Å². The van der Waals surface area contributed by atoms with Gasteiger partial charge in [-0.2, -0.15) is 0 Å². The van der Waals surface area contributed by atoms with Crippen molar-refractivity contribution in [3.8, 4) is 0 Å². The van der Waals surface area contributed by atoms with Gasteiger partial charge < -0.3 is 15.0 Å². The van der Waals surface area contributed by atoms with E-state index in [1.54, 1.807) is 0 Å². The van der Waals surface area contributed by atoms with E-state index in [1.165, 1.54) is 32.5 Å². The molecule has 102 valence electrons. The predicted molar refractivity (Wildman–Crippen MR) is 73.4 cm³/mol. The lowest BCUT2D eigenvalue weighted by Crippen LogP contribution is -2.44. The first kappa shape index (κ1) is 14.9. The van der Waals surface area contributed by atoms with Crippen molar-refractivity contribution < 1.29 is 4.74 Å². The van der Waals surface area contributed by atoms with E-state index in [9.17, 15) is 0 Å². The van der Waals surface area contributed by atoms with Crippen LogP contribution in [0.2, 0.25) is 0 Å². The number of hydrogen-bond donors (Lipinski definition) is 1. The zero-order valence-corrected chi connectivity index (χ0v) is 12.0. The maximum absolute atomic E-state index is 5.53. The standard InChI is InChI=1S/C14H30N2O/c1-12(2)11-16-8-5-14(6-9-16)15-7-10-17-13(3)4/h12-15H,5-11H2,1-4H3. The second kappa shape index (κ2) is 8.06. The molecule has 0 aromatic carbocycles. The van der Waals surface area contributed by atoms with Gasteiger partial charge in [-0.25, -0.2) is 0 Å². The van der Waals surface area contributed by atoms with Crippen LogP contribution in [0.3, 0.4) is 0 Å². The number of likely N-dealkylation sites (tertiary alicyclic amines) is 1. The SMILES string of the molecule is CC(C)CN1CCC(NCCOC(C)C)CC1. The summed E-state index contributed by atoms with van der Waals surface area (Å²) in [4.78, 5) is 2.59. The van der Waals surface area contributed by atoms with Gasteiger partial charge in [0.15, 0.2) is 0 Å². The third-order valence-electron chi connectivity index (χ3n) is 3.20. The third kappa shape index (κ3) is 7.02. The molecule has 0 spiro atoms. The molecule has 1 saturated heterocycles. The van der Waals surface area contributed by atoms with E-state index >= 15 is 0 Å². The second-order valence-electron chi connectivity index (χ2n) is 5.84. The third-order valence-corrected chi connectivity index (χ3v) is 3.20. The molecule has 1 fully saturated rings. The minimum atomic E-state index is 0.352. The topological polar surface area (TPSA) is 24.5 Å². The summed E-state index contributed by atoms with van der Waals surface area (Å²) in [6.07, 6.45) is 2.92. The molecule has 1 heterocycles. The van der Waals surface area contributed by atoms with Crippen molar-refractivity contribution in [2.45, 2.75) is 52.7 Å². The van der Waals surface area contributed by atoms with Gasteiger partial charge in [0.05, 0.1) is 12.7 Å². The van der Waals surface area contributed by atoms with Gasteiger partial charge in [0, 0.05) is 19.1 Å². The summed E-state index contributed by atoms with van der Waals surface area (Å²) >= 11 is 0. The molecule has 1 N–H and O–H groups in total. The van der Waals surface area contributed by atoms with Crippen LogP contribution in [0.25, 0.3) is 0 Å². The highest BCUT2D eigenvalue weighted by atomic mass is 16.5. The van der Waals surface area contributed by atoms with Crippen molar-refractivity contribution in [1.82, 2.24) is 10.2 Å². The largest absolute Gasteiger partial charge is 0.377 e. The number of ether oxygens (including phenoxy) is 1. The van der Waals surface area contributed by atoms with Crippen molar-refractivity contribution in [1.29, 1.82) is 0 Å². The molecule has 0 aliphatic carbocycles. The fraction of sp³-hybridized carbons (Fsp3) is 1.00. The van der Waals surface area contributed by atoms with E-state index in [2.05, 4.69) is 37.9 Å². The first-order valence-electron chi connectivity index (χ1n) is 7.15. The van der Waals surface area contributed by atoms with E-state index in [1.807, 2.05) is 0 Å². The minimum absolute atomic E-state index is 0.352. The van der Waals surface area contributed by atoms with Crippen LogP contribution in [0.1, 0.15) is 40.5 Å². The van der Waals surface area contributed by atoms with Gasteiger partial charge in [-0.1, -0.05) is 13.8 Å². The summed E-state index contributed by atoms with van der Waals surface area (Å²) in [5.74, 6) is 0.791. The lowest BCUT2D eigenvalue weighted by atomic mass is 10.0. The summed E-state index contributed by atoms with van der Waals surface area (Å²) in [6.45, 7) is 14.4. The highest BCUT2D eigenvalue weighted by Gasteiger charge is 2.18. The highest BCUT2D eigenvalue weighted by Crippen LogP contribution is 2.11. The molecule has 0 unspecified atom stereocenters. The van der Waals surface area contributed by atoms with Crippen LogP contribution >= 0.6 is 0 Å². The van der Waals surface area contributed by atoms with Crippen LogP contribution in [0.15, 0.2) is 0 Å². The molecule has 1 rings (SSSR count). The maximum atomic E-state index is 5.53. The fourth-order valence-electron chi connectivity index (χ4n) is 2.39. The van der Waals surface area contributed by atoms with E-state index < -0.39 is 0 Å². The molecular formula is C14H30N2O. The van der Waals surface area contributed by atoms with Gasteiger partial charge in [0.1, 0.15) is 0 Å². The Labute approximate surface area is 107 Å². The molecule has 17 heavy (non-hydrogen) atoms. The van der Waals surface area contributed by atoms with Crippen LogP contribution in [0, 0.1) is 5.92 Å². The van der Waals surface area contributed by atoms with Crippen LogP contribution in [0.5, 0.6) is 0 Å². The summed E-state index contributed by atoms with van der Waals surface area (Å²) in [6, 6.07) is 0.703. The summed E-state index contributed by atoms with van der Waals surface area (Å²) < 4.78 is 5.53. The molecule has 0 saturated carbocycles. The monoisotopic (exact) mass is 242 g/mol. The molecule has 0 aromatic heterocycles. The lowest BCUT2D eigenvalue weighted by molar-refractivity contribution is 0.0769. The predicted octanol–water partition coefficient (Wildman–Crippen LogP) is 2.12. The van der Waals surface area contributed by atoms with Crippen molar-refractivity contribution in [2.75, 3.05) is 32.8 Å². The maximum Gasteiger partial charge on any atom is 0.0594 e. The highest BCUT2D eigenvalue weighted by molar-refractivity contribution is 4.77. The average molecular weight is 242 g/mol. The molecular weight excluding hydrogens is 212 g/mol. The van der Waals surface area contributed by atoms with E-state index in [-0.39, 0.29) is 0 Å². The van der Waals surface area contributed by atoms with Gasteiger partial charge in [0.25, 0.3) is 0 Å². The summed E-state index contributed by atoms with van der Waals surface area (Å²) in [7, 11) is 0. The molecule has 0 atom stereocenters. The molecule has 3 nitrogen and oxygen atoms in total. The quantitative estimate of drug-likeness (QED) is 0.692. The van der Waals surface area contributed by atoms with Gasteiger partial charge >= 0.3 is 0 Å². The Kier molecular flexibility index (Phi) is 7.09. The Hall–Kier alpha value is -0.120. The smallest absolute Gasteiger partial charge is 0.0594 e. The van der Waals surface area contributed by atoms with E-state index in [4.69, 9.17) is 4.74 Å². The second-order valence-corrected chi connectivity index (χ2v) is 5.84. The van der Waals surface area contributed by atoms with Gasteiger partial charge in [-0.15, -0.1) is 0 Å². The first-order valence-corrected chi connectivity index (χ1v) is 7.15. The number of nitrogens with zero attached hydrogens (tertiary/aromatic N) is 1. The first-order chi connectivity index (χ1) is 8.08. The van der Waals surface area contributed by atoms with E-state index in [0.29, 0.717) is 12.1 Å². The van der Waals surface area contributed by atoms with Crippen LogP contribution in [-0.2, 0) is 4.74 Å². The molecule has 1 aliphatic rings. The summed E-state index contributed by atoms with van der Waals surface area (Å²) in [5.41, 5.74) is 0. The molecule has 0 bridgehead atoms. The lowest BCUT2D eigenvalue weighted by Gasteiger charge is -2.33. The van der Waals surface area contributed by atoms with Gasteiger partial charge in [-0.05, 0) is 45.7 Å². The molecule has 0 aromatic rings. The van der Waals surface area contributed by atoms with Crippen molar-refractivity contribution in [2.24, 2.45) is 5.92 Å². The van der Waals surface area contributed by atoms with Gasteiger partial charge in [0.2, 0.25) is 0 Å².